The molecule has 1 saturated heterocycles. The zero-order valence-electron chi connectivity index (χ0n) is 14.4. The third-order valence-corrected chi connectivity index (χ3v) is 3.08. The van der Waals surface area contributed by atoms with Crippen molar-refractivity contribution in [3.05, 3.63) is 0 Å². The zero-order valence-corrected chi connectivity index (χ0v) is 14.4. The molecule has 0 aliphatic carbocycles. The van der Waals surface area contributed by atoms with Gasteiger partial charge in [-0.15, -0.1) is 0 Å². The molecule has 23 heavy (non-hydrogen) atoms. The van der Waals surface area contributed by atoms with E-state index in [4.69, 9.17) is 9.47 Å². The first-order chi connectivity index (χ1) is 10.7. The average molecular weight is 329 g/mol. The molecule has 8 heteroatoms. The van der Waals surface area contributed by atoms with Crippen LogP contribution in [0.4, 0.5) is 4.79 Å². The van der Waals surface area contributed by atoms with Gasteiger partial charge in [-0.2, -0.15) is 0 Å². The summed E-state index contributed by atoms with van der Waals surface area (Å²) in [6, 6.07) is 0. The fourth-order valence-electron chi connectivity index (χ4n) is 1.99. The number of nitrogens with one attached hydrogen (secondary N) is 1. The lowest BCUT2D eigenvalue weighted by Crippen LogP contribution is -2.55. The van der Waals surface area contributed by atoms with Crippen molar-refractivity contribution >= 4 is 17.9 Å². The standard InChI is InChI=1S/C15H27N3O5/c1-5-22-9-6-16-12(19)10-17-7-8-18(11-13(17)20)14(21)23-15(2,3)4/h5-11H2,1-4H3,(H,16,19). The van der Waals surface area contributed by atoms with Crippen molar-refractivity contribution < 1.29 is 23.9 Å². The predicted molar refractivity (Wildman–Crippen MR) is 83.9 cm³/mol. The van der Waals surface area contributed by atoms with Gasteiger partial charge in [0, 0.05) is 26.2 Å². The first kappa shape index (κ1) is 19.2. The summed E-state index contributed by atoms with van der Waals surface area (Å²) in [4.78, 5) is 38.5. The van der Waals surface area contributed by atoms with Gasteiger partial charge >= 0.3 is 6.09 Å². The lowest BCUT2D eigenvalue weighted by atomic mass is 10.2. The van der Waals surface area contributed by atoms with Crippen LogP contribution in [0.3, 0.4) is 0 Å². The van der Waals surface area contributed by atoms with Crippen LogP contribution in [0.5, 0.6) is 0 Å². The molecular weight excluding hydrogens is 302 g/mol. The van der Waals surface area contributed by atoms with Gasteiger partial charge in [0.2, 0.25) is 11.8 Å². The highest BCUT2D eigenvalue weighted by Crippen LogP contribution is 2.12. The van der Waals surface area contributed by atoms with Gasteiger partial charge in [-0.05, 0) is 27.7 Å². The van der Waals surface area contributed by atoms with Crippen LogP contribution < -0.4 is 5.32 Å². The Balaban J connectivity index is 2.36. The van der Waals surface area contributed by atoms with Crippen LogP contribution in [0.25, 0.3) is 0 Å². The van der Waals surface area contributed by atoms with Gasteiger partial charge in [-0.25, -0.2) is 4.79 Å². The summed E-state index contributed by atoms with van der Waals surface area (Å²) >= 11 is 0. The van der Waals surface area contributed by atoms with Gasteiger partial charge in [0.1, 0.15) is 12.1 Å². The first-order valence-electron chi connectivity index (χ1n) is 7.83. The van der Waals surface area contributed by atoms with Crippen molar-refractivity contribution in [1.82, 2.24) is 15.1 Å². The minimum absolute atomic E-state index is 0.00683. The van der Waals surface area contributed by atoms with E-state index in [1.807, 2.05) is 6.92 Å². The topological polar surface area (TPSA) is 88.2 Å². The van der Waals surface area contributed by atoms with Crippen LogP contribution in [-0.4, -0.2) is 79.2 Å². The molecule has 0 saturated carbocycles. The maximum absolute atomic E-state index is 12.1. The molecule has 1 fully saturated rings. The van der Waals surface area contributed by atoms with Gasteiger partial charge in [0.25, 0.3) is 0 Å². The fourth-order valence-corrected chi connectivity index (χ4v) is 1.99. The van der Waals surface area contributed by atoms with Crippen molar-refractivity contribution in [3.8, 4) is 0 Å². The molecule has 0 unspecified atom stereocenters. The Labute approximate surface area is 137 Å². The van der Waals surface area contributed by atoms with Crippen LogP contribution >= 0.6 is 0 Å². The highest BCUT2D eigenvalue weighted by molar-refractivity contribution is 5.88. The monoisotopic (exact) mass is 329 g/mol. The smallest absolute Gasteiger partial charge is 0.410 e. The van der Waals surface area contributed by atoms with Gasteiger partial charge in [-0.1, -0.05) is 0 Å². The Morgan fingerprint density at radius 2 is 1.96 bits per heavy atom. The number of amides is 3. The molecule has 1 rings (SSSR count). The average Bonchev–Trinajstić information content (AvgIpc) is 2.44. The molecular formula is C15H27N3O5. The van der Waals surface area contributed by atoms with Crippen LogP contribution in [-0.2, 0) is 19.1 Å². The molecule has 132 valence electrons. The van der Waals surface area contributed by atoms with Gasteiger partial charge in [-0.3, -0.25) is 14.5 Å². The summed E-state index contributed by atoms with van der Waals surface area (Å²) in [6.45, 7) is 9.26. The van der Waals surface area contributed by atoms with E-state index in [0.717, 1.165) is 0 Å². The minimum Gasteiger partial charge on any atom is -0.444 e. The Kier molecular flexibility index (Phi) is 7.28. The Morgan fingerprint density at radius 3 is 2.52 bits per heavy atom. The number of carbonyl (C=O) groups is 3. The van der Waals surface area contributed by atoms with Gasteiger partial charge in [0.05, 0.1) is 13.2 Å². The lowest BCUT2D eigenvalue weighted by Gasteiger charge is -2.34. The van der Waals surface area contributed by atoms with Crippen molar-refractivity contribution in [2.75, 3.05) is 45.9 Å². The zero-order chi connectivity index (χ0) is 17.5. The largest absolute Gasteiger partial charge is 0.444 e. The highest BCUT2D eigenvalue weighted by atomic mass is 16.6. The second kappa shape index (κ2) is 8.71. The van der Waals surface area contributed by atoms with E-state index in [0.29, 0.717) is 32.8 Å². The predicted octanol–water partition coefficient (Wildman–Crippen LogP) is 0.218. The molecule has 1 N–H and O–H groups in total. The summed E-state index contributed by atoms with van der Waals surface area (Å²) in [5.41, 5.74) is -0.599. The van der Waals surface area contributed by atoms with Crippen LogP contribution in [0.2, 0.25) is 0 Å². The third kappa shape index (κ3) is 7.32. The van der Waals surface area contributed by atoms with Gasteiger partial charge < -0.3 is 19.7 Å². The molecule has 0 aromatic heterocycles. The summed E-state index contributed by atoms with van der Waals surface area (Å²) in [7, 11) is 0. The normalized spacial score (nSPS) is 15.6. The molecule has 1 heterocycles. The molecule has 1 aliphatic rings. The van der Waals surface area contributed by atoms with E-state index in [2.05, 4.69) is 5.32 Å². The summed E-state index contributed by atoms with van der Waals surface area (Å²) in [5.74, 6) is -0.495. The van der Waals surface area contributed by atoms with Crippen LogP contribution in [0.15, 0.2) is 0 Å². The molecule has 0 aromatic rings. The summed E-state index contributed by atoms with van der Waals surface area (Å²) in [6.07, 6.45) is -0.508. The number of piperazine rings is 1. The number of nitrogens with zero attached hydrogens (tertiary/aromatic N) is 2. The van der Waals surface area contributed by atoms with E-state index < -0.39 is 11.7 Å². The first-order valence-corrected chi connectivity index (χ1v) is 7.83. The van der Waals surface area contributed by atoms with Crippen LogP contribution in [0, 0.1) is 0 Å². The SMILES string of the molecule is CCOCCNC(=O)CN1CCN(C(=O)OC(C)(C)C)CC1=O. The van der Waals surface area contributed by atoms with E-state index in [9.17, 15) is 14.4 Å². The van der Waals surface area contributed by atoms with E-state index >= 15 is 0 Å². The fraction of sp³-hybridized carbons (Fsp3) is 0.800. The quantitative estimate of drug-likeness (QED) is 0.704. The Morgan fingerprint density at radius 1 is 1.26 bits per heavy atom. The Hall–Kier alpha value is -1.83. The van der Waals surface area contributed by atoms with E-state index in [1.165, 1.54) is 9.80 Å². The van der Waals surface area contributed by atoms with Gasteiger partial charge in [0.15, 0.2) is 0 Å². The van der Waals surface area contributed by atoms with Crippen molar-refractivity contribution in [2.45, 2.75) is 33.3 Å². The highest BCUT2D eigenvalue weighted by Gasteiger charge is 2.30. The maximum Gasteiger partial charge on any atom is 0.410 e. The summed E-state index contributed by atoms with van der Waals surface area (Å²) < 4.78 is 10.4. The van der Waals surface area contributed by atoms with E-state index in [1.54, 1.807) is 20.8 Å². The maximum atomic E-state index is 12.1. The molecule has 3 amide bonds. The number of hydrogen-bond acceptors (Lipinski definition) is 5. The summed E-state index contributed by atoms with van der Waals surface area (Å²) in [5, 5.41) is 2.69. The molecule has 1 aliphatic heterocycles. The van der Waals surface area contributed by atoms with Crippen molar-refractivity contribution in [2.24, 2.45) is 0 Å². The lowest BCUT2D eigenvalue weighted by molar-refractivity contribution is -0.139. The van der Waals surface area contributed by atoms with Crippen molar-refractivity contribution in [1.29, 1.82) is 0 Å². The molecule has 0 aromatic carbocycles. The van der Waals surface area contributed by atoms with Crippen LogP contribution in [0.1, 0.15) is 27.7 Å². The Bertz CT molecular complexity index is 433. The number of ether oxygens (including phenoxy) is 2. The molecule has 8 nitrogen and oxygen atoms in total. The molecule has 0 bridgehead atoms. The molecule has 0 atom stereocenters. The number of hydrogen-bond donors (Lipinski definition) is 1. The van der Waals surface area contributed by atoms with E-state index in [-0.39, 0.29) is 24.9 Å². The second-order valence-corrected chi connectivity index (χ2v) is 6.26. The van der Waals surface area contributed by atoms with Crippen molar-refractivity contribution in [3.63, 3.8) is 0 Å². The number of carbonyl (C=O) groups excluding carboxylic acids is 3. The second-order valence-electron chi connectivity index (χ2n) is 6.26. The molecule has 0 radical (unpaired) electrons. The molecule has 0 spiro atoms. The number of rotatable bonds is 6. The third-order valence-electron chi connectivity index (χ3n) is 3.08. The minimum atomic E-state index is -0.599.